The van der Waals surface area contributed by atoms with Crippen LogP contribution in [0.2, 0.25) is 0 Å². The van der Waals surface area contributed by atoms with E-state index < -0.39 is 31.5 Å². The Hall–Kier alpha value is -3.62. The Morgan fingerprint density at radius 1 is 0.921 bits per heavy atom. The molecule has 1 amide bonds. The molecule has 11 nitrogen and oxygen atoms in total. The number of sulfonamides is 2. The second-order valence-electron chi connectivity index (χ2n) is 8.81. The smallest absolute Gasteiger partial charge is 0.245 e. The van der Waals surface area contributed by atoms with Crippen LogP contribution in [0, 0.1) is 5.41 Å². The molecule has 1 aliphatic rings. The number of hydrogen-bond donors (Lipinski definition) is 5. The summed E-state index contributed by atoms with van der Waals surface area (Å²) in [5.41, 5.74) is 5.62. The van der Waals surface area contributed by atoms with Crippen molar-refractivity contribution in [1.29, 1.82) is 5.41 Å². The molecule has 0 unspecified atom stereocenters. The Kier molecular flexibility index (Phi) is 7.67. The van der Waals surface area contributed by atoms with Crippen molar-refractivity contribution < 1.29 is 26.4 Å². The van der Waals surface area contributed by atoms with Gasteiger partial charge in [-0.25, -0.2) is 22.0 Å². The standard InChI is InChI=1S/C25H27N5O6S2/c26-23(27)18-4-3-5-20(16-18)38(34,35)30-25(12-14-36-15-13-25)24(31)29-19-10-8-17(9-11-19)21-6-1-2-7-22(21)37(28,32)33/h1-11,16,30H,12-15H2,(H3,26,27)(H,29,31)(H2,28,32,33). The second-order valence-corrected chi connectivity index (χ2v) is 12.0. The topological polar surface area (TPSA) is 195 Å². The molecule has 0 bridgehead atoms. The lowest BCUT2D eigenvalue weighted by atomic mass is 9.90. The summed E-state index contributed by atoms with van der Waals surface area (Å²) in [7, 11) is -8.11. The molecule has 0 spiro atoms. The van der Waals surface area contributed by atoms with Gasteiger partial charge in [-0.1, -0.05) is 42.5 Å². The fraction of sp³-hybridized carbons (Fsp3) is 0.200. The average molecular weight is 558 g/mol. The summed E-state index contributed by atoms with van der Waals surface area (Å²) in [6.07, 6.45) is 0.203. The number of amidine groups is 1. The summed E-state index contributed by atoms with van der Waals surface area (Å²) < 4.78 is 58.4. The van der Waals surface area contributed by atoms with E-state index in [1.165, 1.54) is 30.3 Å². The molecule has 3 aromatic carbocycles. The van der Waals surface area contributed by atoms with Crippen LogP contribution < -0.4 is 20.9 Å². The summed E-state index contributed by atoms with van der Waals surface area (Å²) in [5, 5.41) is 15.7. The molecule has 0 saturated carbocycles. The SMILES string of the molecule is N=C(N)c1cccc(S(=O)(=O)NC2(C(=O)Nc3ccc(-c4ccccc4S(N)(=O)=O)cc3)CCOCC2)c1. The van der Waals surface area contributed by atoms with Gasteiger partial charge in [0.05, 0.1) is 9.79 Å². The van der Waals surface area contributed by atoms with Gasteiger partial charge >= 0.3 is 0 Å². The number of nitrogens with one attached hydrogen (secondary N) is 3. The number of carbonyl (C=O) groups excluding carboxylic acids is 1. The number of anilines is 1. The lowest BCUT2D eigenvalue weighted by Crippen LogP contribution is -2.59. The number of ether oxygens (including phenoxy) is 1. The minimum Gasteiger partial charge on any atom is -0.384 e. The van der Waals surface area contributed by atoms with Crippen molar-refractivity contribution in [3.05, 3.63) is 78.4 Å². The van der Waals surface area contributed by atoms with E-state index in [9.17, 15) is 21.6 Å². The van der Waals surface area contributed by atoms with Crippen molar-refractivity contribution >= 4 is 37.5 Å². The van der Waals surface area contributed by atoms with Crippen LogP contribution >= 0.6 is 0 Å². The second kappa shape index (κ2) is 10.6. The Bertz CT molecular complexity index is 1580. The normalized spacial score (nSPS) is 15.5. The maximum Gasteiger partial charge on any atom is 0.245 e. The molecule has 200 valence electrons. The number of nitrogens with two attached hydrogens (primary N) is 2. The lowest BCUT2D eigenvalue weighted by molar-refractivity contribution is -0.125. The Balaban J connectivity index is 1.59. The molecule has 3 aromatic rings. The highest BCUT2D eigenvalue weighted by Gasteiger charge is 2.43. The van der Waals surface area contributed by atoms with E-state index >= 15 is 0 Å². The number of benzene rings is 3. The summed E-state index contributed by atoms with van der Waals surface area (Å²) in [5.74, 6) is -0.847. The van der Waals surface area contributed by atoms with E-state index in [1.807, 2.05) is 0 Å². The van der Waals surface area contributed by atoms with Crippen molar-refractivity contribution in [3.63, 3.8) is 0 Å². The van der Waals surface area contributed by atoms with E-state index in [0.717, 1.165) is 0 Å². The van der Waals surface area contributed by atoms with Gasteiger partial charge in [-0.3, -0.25) is 10.2 Å². The molecule has 1 saturated heterocycles. The number of hydrogen-bond acceptors (Lipinski definition) is 7. The predicted octanol–water partition coefficient (Wildman–Crippen LogP) is 1.75. The summed E-state index contributed by atoms with van der Waals surface area (Å²) in [6, 6.07) is 18.4. The Morgan fingerprint density at radius 3 is 2.21 bits per heavy atom. The summed E-state index contributed by atoms with van der Waals surface area (Å²) >= 11 is 0. The average Bonchev–Trinajstić information content (AvgIpc) is 2.89. The number of carbonyl (C=O) groups is 1. The fourth-order valence-corrected chi connectivity index (χ4v) is 6.41. The van der Waals surface area contributed by atoms with E-state index in [4.69, 9.17) is 21.0 Å². The maximum atomic E-state index is 13.5. The highest BCUT2D eigenvalue weighted by atomic mass is 32.2. The molecular formula is C25H27N5O6S2. The number of nitrogen functional groups attached to an aromatic ring is 1. The third-order valence-electron chi connectivity index (χ3n) is 6.21. The third kappa shape index (κ3) is 5.92. The monoisotopic (exact) mass is 557 g/mol. The van der Waals surface area contributed by atoms with Gasteiger partial charge in [-0.05, 0) is 48.7 Å². The van der Waals surface area contributed by atoms with Gasteiger partial charge in [0.15, 0.2) is 0 Å². The van der Waals surface area contributed by atoms with Crippen molar-refractivity contribution in [3.8, 4) is 11.1 Å². The van der Waals surface area contributed by atoms with Crippen LogP contribution in [0.1, 0.15) is 18.4 Å². The van der Waals surface area contributed by atoms with Crippen molar-refractivity contribution in [1.82, 2.24) is 4.72 Å². The van der Waals surface area contributed by atoms with E-state index in [-0.39, 0.29) is 47.2 Å². The Morgan fingerprint density at radius 2 is 1.58 bits per heavy atom. The zero-order valence-corrected chi connectivity index (χ0v) is 21.8. The highest BCUT2D eigenvalue weighted by molar-refractivity contribution is 7.89. The van der Waals surface area contributed by atoms with Gasteiger partial charge in [-0.2, -0.15) is 4.72 Å². The molecular weight excluding hydrogens is 530 g/mol. The lowest BCUT2D eigenvalue weighted by Gasteiger charge is -2.36. The minimum absolute atomic E-state index is 0.0267. The highest BCUT2D eigenvalue weighted by Crippen LogP contribution is 2.29. The van der Waals surface area contributed by atoms with Crippen molar-refractivity contribution in [2.24, 2.45) is 10.9 Å². The van der Waals surface area contributed by atoms with Crippen LogP contribution in [0.3, 0.4) is 0 Å². The fourth-order valence-electron chi connectivity index (χ4n) is 4.18. The zero-order chi connectivity index (χ0) is 27.6. The predicted molar refractivity (Wildman–Crippen MR) is 142 cm³/mol. The summed E-state index contributed by atoms with van der Waals surface area (Å²) in [4.78, 5) is 13.3. The molecule has 0 aliphatic carbocycles. The van der Waals surface area contributed by atoms with E-state index in [1.54, 1.807) is 42.5 Å². The number of amides is 1. The van der Waals surface area contributed by atoms with Gasteiger partial charge in [0.1, 0.15) is 11.4 Å². The molecule has 38 heavy (non-hydrogen) atoms. The van der Waals surface area contributed by atoms with Crippen LogP contribution in [-0.4, -0.2) is 47.3 Å². The molecule has 0 aromatic heterocycles. The molecule has 1 aliphatic heterocycles. The van der Waals surface area contributed by atoms with Gasteiger partial charge in [0.2, 0.25) is 26.0 Å². The Labute approximate surface area is 220 Å². The maximum absolute atomic E-state index is 13.5. The van der Waals surface area contributed by atoms with Crippen molar-refractivity contribution in [2.75, 3.05) is 18.5 Å². The van der Waals surface area contributed by atoms with Crippen LogP contribution in [0.15, 0.2) is 82.6 Å². The van der Waals surface area contributed by atoms with Crippen LogP contribution in [-0.2, 0) is 29.6 Å². The molecule has 1 fully saturated rings. The first-order valence-corrected chi connectivity index (χ1v) is 14.5. The number of rotatable bonds is 8. The third-order valence-corrected chi connectivity index (χ3v) is 8.72. The van der Waals surface area contributed by atoms with Gasteiger partial charge in [0.25, 0.3) is 0 Å². The molecule has 7 N–H and O–H groups in total. The summed E-state index contributed by atoms with van der Waals surface area (Å²) in [6.45, 7) is 0.347. The molecule has 4 rings (SSSR count). The molecule has 0 atom stereocenters. The number of primary sulfonamides is 1. The first-order valence-electron chi connectivity index (χ1n) is 11.5. The largest absolute Gasteiger partial charge is 0.384 e. The quantitative estimate of drug-likeness (QED) is 0.205. The first-order chi connectivity index (χ1) is 17.9. The minimum atomic E-state index is -4.16. The van der Waals surface area contributed by atoms with Crippen LogP contribution in [0.25, 0.3) is 11.1 Å². The van der Waals surface area contributed by atoms with E-state index in [0.29, 0.717) is 16.8 Å². The molecule has 13 heteroatoms. The zero-order valence-electron chi connectivity index (χ0n) is 20.2. The van der Waals surface area contributed by atoms with Crippen molar-refractivity contribution in [2.45, 2.75) is 28.2 Å². The van der Waals surface area contributed by atoms with Crippen LogP contribution in [0.5, 0.6) is 0 Å². The van der Waals surface area contributed by atoms with Gasteiger partial charge in [-0.15, -0.1) is 0 Å². The van der Waals surface area contributed by atoms with Crippen LogP contribution in [0.4, 0.5) is 5.69 Å². The molecule has 1 heterocycles. The van der Waals surface area contributed by atoms with Gasteiger partial charge in [0, 0.05) is 30.0 Å². The first kappa shape index (κ1) is 27.4. The molecule has 0 radical (unpaired) electrons. The van der Waals surface area contributed by atoms with Gasteiger partial charge < -0.3 is 15.8 Å². The van der Waals surface area contributed by atoms with E-state index in [2.05, 4.69) is 10.0 Å².